The molecule has 0 fully saturated rings. The summed E-state index contributed by atoms with van der Waals surface area (Å²) in [7, 11) is 0. The van der Waals surface area contributed by atoms with Crippen molar-refractivity contribution in [3.05, 3.63) is 52.5 Å². The van der Waals surface area contributed by atoms with E-state index in [0.717, 1.165) is 27.1 Å². The van der Waals surface area contributed by atoms with Crippen molar-refractivity contribution in [1.82, 2.24) is 0 Å². The van der Waals surface area contributed by atoms with Crippen LogP contribution in [-0.2, 0) is 0 Å². The predicted molar refractivity (Wildman–Crippen MR) is 73.0 cm³/mol. The van der Waals surface area contributed by atoms with Crippen LogP contribution < -0.4 is 11.1 Å². The van der Waals surface area contributed by atoms with Gasteiger partial charge in [0.15, 0.2) is 0 Å². The highest BCUT2D eigenvalue weighted by Gasteiger charge is 2.01. The lowest BCUT2D eigenvalue weighted by molar-refractivity contribution is 1.45. The van der Waals surface area contributed by atoms with Gasteiger partial charge < -0.3 is 11.1 Å². The molecule has 0 aliphatic carbocycles. The molecule has 3 heteroatoms. The first-order valence-electron chi connectivity index (χ1n) is 5.04. The maximum absolute atomic E-state index is 5.99. The minimum atomic E-state index is 0.794. The fourth-order valence-corrected chi connectivity index (χ4v) is 1.91. The van der Waals surface area contributed by atoms with Crippen LogP contribution in [0.25, 0.3) is 0 Å². The molecule has 0 saturated heterocycles. The molecule has 0 unspecified atom stereocenters. The summed E-state index contributed by atoms with van der Waals surface area (Å²) in [6.45, 7) is 2.00. The molecule has 0 aromatic heterocycles. The van der Waals surface area contributed by atoms with E-state index >= 15 is 0 Å². The molecule has 16 heavy (non-hydrogen) atoms. The number of nitrogens with two attached hydrogens (primary N) is 1. The molecule has 0 amide bonds. The molecule has 0 saturated carbocycles. The summed E-state index contributed by atoms with van der Waals surface area (Å²) in [6.07, 6.45) is 0. The molecule has 2 rings (SSSR count). The van der Waals surface area contributed by atoms with Crippen LogP contribution in [0.3, 0.4) is 0 Å². The summed E-state index contributed by atoms with van der Waals surface area (Å²) in [5.74, 6) is 0. The van der Waals surface area contributed by atoms with E-state index in [0.29, 0.717) is 0 Å². The maximum Gasteiger partial charge on any atom is 0.0620 e. The molecule has 0 radical (unpaired) electrons. The van der Waals surface area contributed by atoms with Crippen molar-refractivity contribution in [2.75, 3.05) is 11.1 Å². The number of nitrogen functional groups attached to an aromatic ring is 1. The molecule has 2 nitrogen and oxygen atoms in total. The first kappa shape index (κ1) is 11.0. The number of para-hydroxylation sites is 1. The molecule has 82 valence electrons. The highest BCUT2D eigenvalue weighted by Crippen LogP contribution is 2.26. The topological polar surface area (TPSA) is 38.0 Å². The van der Waals surface area contributed by atoms with Crippen molar-refractivity contribution >= 4 is 33.0 Å². The van der Waals surface area contributed by atoms with Crippen LogP contribution >= 0.6 is 15.9 Å². The summed E-state index contributed by atoms with van der Waals surface area (Å²) in [5, 5.41) is 3.30. The highest BCUT2D eigenvalue weighted by molar-refractivity contribution is 9.10. The third-order valence-corrected chi connectivity index (χ3v) is 2.92. The number of benzene rings is 2. The van der Waals surface area contributed by atoms with Crippen LogP contribution in [0.1, 0.15) is 5.56 Å². The van der Waals surface area contributed by atoms with Crippen LogP contribution in [0.5, 0.6) is 0 Å². The zero-order valence-corrected chi connectivity index (χ0v) is 10.6. The standard InChI is InChI=1S/C13H13BrN2/c1-9-4-2-7-12(13(9)15)16-11-6-3-5-10(14)8-11/h2-8,16H,15H2,1H3. The minimum Gasteiger partial charge on any atom is -0.397 e. The van der Waals surface area contributed by atoms with Crippen molar-refractivity contribution in [2.24, 2.45) is 0 Å². The van der Waals surface area contributed by atoms with E-state index in [1.807, 2.05) is 49.4 Å². The monoisotopic (exact) mass is 276 g/mol. The van der Waals surface area contributed by atoms with Gasteiger partial charge in [-0.3, -0.25) is 0 Å². The van der Waals surface area contributed by atoms with Gasteiger partial charge in [-0.05, 0) is 36.8 Å². The van der Waals surface area contributed by atoms with E-state index in [9.17, 15) is 0 Å². The molecule has 0 aliphatic heterocycles. The summed E-state index contributed by atoms with van der Waals surface area (Å²) in [6, 6.07) is 14.0. The van der Waals surface area contributed by atoms with E-state index < -0.39 is 0 Å². The van der Waals surface area contributed by atoms with Crippen LogP contribution in [0.4, 0.5) is 17.1 Å². The van der Waals surface area contributed by atoms with Crippen molar-refractivity contribution in [3.8, 4) is 0 Å². The van der Waals surface area contributed by atoms with Crippen LogP contribution in [-0.4, -0.2) is 0 Å². The fourth-order valence-electron chi connectivity index (χ4n) is 1.51. The zero-order chi connectivity index (χ0) is 11.5. The van der Waals surface area contributed by atoms with Gasteiger partial charge in [0.05, 0.1) is 11.4 Å². The molecule has 0 atom stereocenters. The van der Waals surface area contributed by atoms with Crippen LogP contribution in [0.2, 0.25) is 0 Å². The number of rotatable bonds is 2. The van der Waals surface area contributed by atoms with Crippen molar-refractivity contribution in [1.29, 1.82) is 0 Å². The lowest BCUT2D eigenvalue weighted by Crippen LogP contribution is -1.97. The molecule has 3 N–H and O–H groups in total. The van der Waals surface area contributed by atoms with Crippen LogP contribution in [0, 0.1) is 6.92 Å². The molecule has 2 aromatic rings. The van der Waals surface area contributed by atoms with Gasteiger partial charge in [-0.15, -0.1) is 0 Å². The van der Waals surface area contributed by atoms with Crippen molar-refractivity contribution in [3.63, 3.8) is 0 Å². The Kier molecular flexibility index (Phi) is 3.15. The van der Waals surface area contributed by atoms with E-state index in [2.05, 4.69) is 21.2 Å². The molecule has 0 bridgehead atoms. The first-order chi connectivity index (χ1) is 7.66. The summed E-state index contributed by atoms with van der Waals surface area (Å²) < 4.78 is 1.05. The predicted octanol–water partition coefficient (Wildman–Crippen LogP) is 4.08. The smallest absolute Gasteiger partial charge is 0.0620 e. The number of nitrogens with one attached hydrogen (secondary N) is 1. The summed E-state index contributed by atoms with van der Waals surface area (Å²) >= 11 is 3.44. The van der Waals surface area contributed by atoms with E-state index in [1.165, 1.54) is 0 Å². The van der Waals surface area contributed by atoms with Gasteiger partial charge >= 0.3 is 0 Å². The largest absolute Gasteiger partial charge is 0.397 e. The average molecular weight is 277 g/mol. The van der Waals surface area contributed by atoms with Crippen LogP contribution in [0.15, 0.2) is 46.9 Å². The summed E-state index contributed by atoms with van der Waals surface area (Å²) in [5.41, 5.74) is 9.83. The van der Waals surface area contributed by atoms with Gasteiger partial charge in [-0.2, -0.15) is 0 Å². The Morgan fingerprint density at radius 3 is 2.62 bits per heavy atom. The molecular formula is C13H13BrN2. The Labute approximate surface area is 104 Å². The Bertz CT molecular complexity index is 509. The van der Waals surface area contributed by atoms with Gasteiger partial charge in [0, 0.05) is 10.2 Å². The lowest BCUT2D eigenvalue weighted by atomic mass is 10.1. The van der Waals surface area contributed by atoms with Gasteiger partial charge in [-0.1, -0.05) is 34.1 Å². The van der Waals surface area contributed by atoms with E-state index in [1.54, 1.807) is 0 Å². The number of anilines is 3. The SMILES string of the molecule is Cc1cccc(Nc2cccc(Br)c2)c1N. The Hall–Kier alpha value is -1.48. The second-order valence-corrected chi connectivity index (χ2v) is 4.59. The Balaban J connectivity index is 2.31. The van der Waals surface area contributed by atoms with Crippen molar-refractivity contribution in [2.45, 2.75) is 6.92 Å². The number of hydrogen-bond acceptors (Lipinski definition) is 2. The van der Waals surface area contributed by atoms with E-state index in [-0.39, 0.29) is 0 Å². The summed E-state index contributed by atoms with van der Waals surface area (Å²) in [4.78, 5) is 0. The fraction of sp³-hybridized carbons (Fsp3) is 0.0769. The second-order valence-electron chi connectivity index (χ2n) is 3.67. The van der Waals surface area contributed by atoms with Gasteiger partial charge in [0.25, 0.3) is 0 Å². The normalized spacial score (nSPS) is 10.1. The zero-order valence-electron chi connectivity index (χ0n) is 9.00. The van der Waals surface area contributed by atoms with Gasteiger partial charge in [0.1, 0.15) is 0 Å². The molecule has 0 aliphatic rings. The second kappa shape index (κ2) is 4.58. The highest BCUT2D eigenvalue weighted by atomic mass is 79.9. The minimum absolute atomic E-state index is 0.794. The quantitative estimate of drug-likeness (QED) is 0.811. The van der Waals surface area contributed by atoms with Gasteiger partial charge in [0.2, 0.25) is 0 Å². The average Bonchev–Trinajstić information content (AvgIpc) is 2.25. The Morgan fingerprint density at radius 2 is 1.88 bits per heavy atom. The Morgan fingerprint density at radius 1 is 1.12 bits per heavy atom. The third-order valence-electron chi connectivity index (χ3n) is 2.43. The van der Waals surface area contributed by atoms with Crippen molar-refractivity contribution < 1.29 is 0 Å². The molecule has 0 heterocycles. The maximum atomic E-state index is 5.99. The van der Waals surface area contributed by atoms with E-state index in [4.69, 9.17) is 5.73 Å². The lowest BCUT2D eigenvalue weighted by Gasteiger charge is -2.11. The molecule has 2 aromatic carbocycles. The number of aryl methyl sites for hydroxylation is 1. The molecule has 0 spiro atoms. The van der Waals surface area contributed by atoms with Gasteiger partial charge in [-0.25, -0.2) is 0 Å². The number of hydrogen-bond donors (Lipinski definition) is 2. The number of halogens is 1. The molecular weight excluding hydrogens is 264 g/mol. The third kappa shape index (κ3) is 2.36. The first-order valence-corrected chi connectivity index (χ1v) is 5.84.